The van der Waals surface area contributed by atoms with Gasteiger partial charge in [-0.15, -0.1) is 0 Å². The van der Waals surface area contributed by atoms with Gasteiger partial charge in [-0.1, -0.05) is 18.2 Å². The second-order valence-corrected chi connectivity index (χ2v) is 6.25. The maximum absolute atomic E-state index is 3.54. The fourth-order valence-electron chi connectivity index (χ4n) is 4.11. The van der Waals surface area contributed by atoms with Crippen LogP contribution in [0.1, 0.15) is 25.7 Å². The monoisotopic (exact) mass is 230 g/mol. The predicted molar refractivity (Wildman–Crippen MR) is 69.8 cm³/mol. The molecule has 1 N–H and O–H groups in total. The largest absolute Gasteiger partial charge is 0.316 e. The standard InChI is InChI=1S/C15H22N2/c1-2-8-17(7-1)14-5-3-12(4-6-14)15-9-13(15)10-16-11-15/h3-5,13-14,16H,1-2,6-11H2. The number of piperidine rings is 1. The summed E-state index contributed by atoms with van der Waals surface area (Å²) in [7, 11) is 0. The Morgan fingerprint density at radius 2 is 2.18 bits per heavy atom. The van der Waals surface area contributed by atoms with Crippen LogP contribution in [0.15, 0.2) is 23.8 Å². The van der Waals surface area contributed by atoms with Crippen LogP contribution < -0.4 is 5.32 Å². The zero-order valence-corrected chi connectivity index (χ0v) is 10.5. The van der Waals surface area contributed by atoms with E-state index in [4.69, 9.17) is 0 Å². The molecule has 3 atom stereocenters. The first kappa shape index (κ1) is 10.3. The predicted octanol–water partition coefficient (Wildman–Crippen LogP) is 1.95. The summed E-state index contributed by atoms with van der Waals surface area (Å²) < 4.78 is 0. The van der Waals surface area contributed by atoms with E-state index in [0.29, 0.717) is 11.5 Å². The first-order valence-electron chi connectivity index (χ1n) is 7.22. The van der Waals surface area contributed by atoms with Gasteiger partial charge in [-0.05, 0) is 56.8 Å². The lowest BCUT2D eigenvalue weighted by Crippen LogP contribution is -2.32. The van der Waals surface area contributed by atoms with Gasteiger partial charge in [0.2, 0.25) is 0 Å². The summed E-state index contributed by atoms with van der Waals surface area (Å²) in [5.41, 5.74) is 2.20. The van der Waals surface area contributed by atoms with Crippen molar-refractivity contribution in [3.8, 4) is 0 Å². The van der Waals surface area contributed by atoms with Crippen LogP contribution in [0.4, 0.5) is 0 Å². The van der Waals surface area contributed by atoms with Crippen molar-refractivity contribution in [1.82, 2.24) is 10.2 Å². The van der Waals surface area contributed by atoms with E-state index in [0.717, 1.165) is 5.92 Å². The lowest BCUT2D eigenvalue weighted by Gasteiger charge is -2.28. The Kier molecular flexibility index (Phi) is 2.25. The fraction of sp³-hybridized carbons (Fsp3) is 0.733. The normalized spacial score (nSPS) is 44.8. The summed E-state index contributed by atoms with van der Waals surface area (Å²) in [4.78, 5) is 2.65. The van der Waals surface area contributed by atoms with Crippen molar-refractivity contribution in [2.24, 2.45) is 11.3 Å². The van der Waals surface area contributed by atoms with Gasteiger partial charge in [0.05, 0.1) is 0 Å². The Hall–Kier alpha value is -0.600. The molecule has 92 valence electrons. The number of likely N-dealkylation sites (tertiary alicyclic amines) is 1. The minimum Gasteiger partial charge on any atom is -0.316 e. The van der Waals surface area contributed by atoms with E-state index in [1.807, 2.05) is 0 Å². The molecule has 0 spiro atoms. The number of allylic oxidation sites excluding steroid dienone is 1. The maximum atomic E-state index is 3.54. The van der Waals surface area contributed by atoms with Crippen LogP contribution in [-0.2, 0) is 0 Å². The van der Waals surface area contributed by atoms with E-state index in [9.17, 15) is 0 Å². The van der Waals surface area contributed by atoms with E-state index in [1.54, 1.807) is 5.57 Å². The minimum atomic E-state index is 0.562. The van der Waals surface area contributed by atoms with Crippen LogP contribution in [0, 0.1) is 11.3 Å². The fourth-order valence-corrected chi connectivity index (χ4v) is 4.11. The van der Waals surface area contributed by atoms with Crippen molar-refractivity contribution in [3.63, 3.8) is 0 Å². The summed E-state index contributed by atoms with van der Waals surface area (Å²) in [6, 6.07) is 0.698. The van der Waals surface area contributed by atoms with Gasteiger partial charge in [-0.25, -0.2) is 0 Å². The Morgan fingerprint density at radius 3 is 2.76 bits per heavy atom. The van der Waals surface area contributed by atoms with Gasteiger partial charge in [0.25, 0.3) is 0 Å². The van der Waals surface area contributed by atoms with Crippen LogP contribution >= 0.6 is 0 Å². The van der Waals surface area contributed by atoms with E-state index < -0.39 is 0 Å². The molecule has 4 rings (SSSR count). The molecule has 2 aliphatic carbocycles. The van der Waals surface area contributed by atoms with Crippen LogP contribution in [0.25, 0.3) is 0 Å². The van der Waals surface area contributed by atoms with Gasteiger partial charge in [0.1, 0.15) is 0 Å². The summed E-state index contributed by atoms with van der Waals surface area (Å²) >= 11 is 0. The van der Waals surface area contributed by atoms with E-state index in [2.05, 4.69) is 28.4 Å². The second-order valence-electron chi connectivity index (χ2n) is 6.25. The molecular weight excluding hydrogens is 208 g/mol. The SMILES string of the molecule is C1=CC(N2CCCC2)CC=C1C12CNCC1C2. The third kappa shape index (κ3) is 1.54. The molecule has 0 bridgehead atoms. The maximum Gasteiger partial charge on any atom is 0.0316 e. The van der Waals surface area contributed by atoms with Crippen molar-refractivity contribution in [2.75, 3.05) is 26.2 Å². The molecule has 4 aliphatic rings. The van der Waals surface area contributed by atoms with Gasteiger partial charge in [0.15, 0.2) is 0 Å². The molecule has 1 saturated carbocycles. The molecule has 2 heterocycles. The number of fused-ring (bicyclic) bond motifs is 1. The first-order chi connectivity index (χ1) is 8.38. The van der Waals surface area contributed by atoms with Gasteiger partial charge in [-0.3, -0.25) is 4.90 Å². The first-order valence-corrected chi connectivity index (χ1v) is 7.22. The van der Waals surface area contributed by atoms with Gasteiger partial charge in [0, 0.05) is 18.0 Å². The molecule has 2 nitrogen and oxygen atoms in total. The molecule has 0 aromatic carbocycles. The van der Waals surface area contributed by atoms with Crippen molar-refractivity contribution in [3.05, 3.63) is 23.8 Å². The highest BCUT2D eigenvalue weighted by molar-refractivity contribution is 5.39. The lowest BCUT2D eigenvalue weighted by molar-refractivity contribution is 0.282. The number of hydrogen-bond acceptors (Lipinski definition) is 2. The van der Waals surface area contributed by atoms with Crippen LogP contribution in [0.5, 0.6) is 0 Å². The summed E-state index contributed by atoms with van der Waals surface area (Å²) in [6.07, 6.45) is 12.9. The average Bonchev–Trinajstić information content (AvgIpc) is 2.81. The smallest absolute Gasteiger partial charge is 0.0316 e. The quantitative estimate of drug-likeness (QED) is 0.780. The zero-order valence-electron chi connectivity index (χ0n) is 10.5. The zero-order chi connectivity index (χ0) is 11.3. The summed E-state index contributed by atoms with van der Waals surface area (Å²) in [5, 5.41) is 3.54. The number of nitrogens with one attached hydrogen (secondary N) is 1. The van der Waals surface area contributed by atoms with Crippen molar-refractivity contribution in [1.29, 1.82) is 0 Å². The Labute approximate surface area is 104 Å². The molecule has 17 heavy (non-hydrogen) atoms. The molecule has 3 fully saturated rings. The Morgan fingerprint density at radius 1 is 1.29 bits per heavy atom. The number of rotatable bonds is 2. The topological polar surface area (TPSA) is 15.3 Å². The van der Waals surface area contributed by atoms with Crippen LogP contribution in [-0.4, -0.2) is 37.1 Å². The molecule has 0 radical (unpaired) electrons. The molecule has 3 unspecified atom stereocenters. The van der Waals surface area contributed by atoms with Gasteiger partial charge in [-0.2, -0.15) is 0 Å². The van der Waals surface area contributed by atoms with Gasteiger partial charge >= 0.3 is 0 Å². The van der Waals surface area contributed by atoms with E-state index >= 15 is 0 Å². The molecule has 0 aromatic rings. The molecule has 2 saturated heterocycles. The molecule has 2 heteroatoms. The summed E-state index contributed by atoms with van der Waals surface area (Å²) in [5.74, 6) is 0.946. The van der Waals surface area contributed by atoms with Gasteiger partial charge < -0.3 is 5.32 Å². The lowest BCUT2D eigenvalue weighted by atomic mass is 9.89. The second kappa shape index (κ2) is 3.69. The van der Waals surface area contributed by atoms with E-state index in [-0.39, 0.29) is 0 Å². The molecule has 0 aromatic heterocycles. The summed E-state index contributed by atoms with van der Waals surface area (Å²) in [6.45, 7) is 5.10. The third-order valence-corrected chi connectivity index (χ3v) is 5.32. The highest BCUT2D eigenvalue weighted by atomic mass is 15.2. The number of nitrogens with zero attached hydrogens (tertiary/aromatic N) is 1. The van der Waals surface area contributed by atoms with E-state index in [1.165, 1.54) is 51.9 Å². The average molecular weight is 230 g/mol. The van der Waals surface area contributed by atoms with Crippen molar-refractivity contribution in [2.45, 2.75) is 31.7 Å². The highest BCUT2D eigenvalue weighted by Gasteiger charge is 2.58. The minimum absolute atomic E-state index is 0.562. The highest BCUT2D eigenvalue weighted by Crippen LogP contribution is 2.60. The molecular formula is C15H22N2. The van der Waals surface area contributed by atoms with Crippen LogP contribution in [0.2, 0.25) is 0 Å². The Bertz CT molecular complexity index is 378. The Balaban J connectivity index is 1.46. The molecule has 2 aliphatic heterocycles. The molecule has 0 amide bonds. The number of hydrogen-bond donors (Lipinski definition) is 1. The van der Waals surface area contributed by atoms with Crippen LogP contribution in [0.3, 0.4) is 0 Å². The van der Waals surface area contributed by atoms with Crippen molar-refractivity contribution >= 4 is 0 Å². The van der Waals surface area contributed by atoms with Crippen molar-refractivity contribution < 1.29 is 0 Å². The third-order valence-electron chi connectivity index (χ3n) is 5.32.